The topological polar surface area (TPSA) is 29.1 Å². The number of carbonyl (C=O) groups excluding carboxylic acids is 1. The monoisotopic (exact) mass is 227 g/mol. The van der Waals surface area contributed by atoms with Gasteiger partial charge in [0.1, 0.15) is 0 Å². The van der Waals surface area contributed by atoms with Crippen LogP contribution in [0.3, 0.4) is 0 Å². The number of carbonyl (C=O) groups is 1. The van der Waals surface area contributed by atoms with Crippen LogP contribution in [0.1, 0.15) is 35.1 Å². The summed E-state index contributed by atoms with van der Waals surface area (Å²) in [5.41, 5.74) is 6.76. The van der Waals surface area contributed by atoms with Crippen molar-refractivity contribution >= 4 is 11.6 Å². The number of anilines is 1. The zero-order valence-electron chi connectivity index (χ0n) is 10.0. The second-order valence-electron chi connectivity index (χ2n) is 4.93. The summed E-state index contributed by atoms with van der Waals surface area (Å²) in [5, 5.41) is 3.04. The third-order valence-electron chi connectivity index (χ3n) is 3.91. The van der Waals surface area contributed by atoms with Crippen LogP contribution in [0.5, 0.6) is 0 Å². The molecule has 0 aromatic heterocycles. The Morgan fingerprint density at radius 2 is 1.71 bits per heavy atom. The van der Waals surface area contributed by atoms with E-state index in [9.17, 15) is 4.79 Å². The van der Waals surface area contributed by atoms with Crippen molar-refractivity contribution in [3.63, 3.8) is 0 Å². The molecule has 2 aliphatic rings. The number of benzene rings is 1. The summed E-state index contributed by atoms with van der Waals surface area (Å²) in [6.07, 6.45) is 8.34. The van der Waals surface area contributed by atoms with Gasteiger partial charge in [-0.3, -0.25) is 4.79 Å². The minimum Gasteiger partial charge on any atom is -0.322 e. The van der Waals surface area contributed by atoms with Gasteiger partial charge in [-0.2, -0.15) is 0 Å². The number of aryl methyl sites for hydroxylation is 2. The Morgan fingerprint density at radius 3 is 2.24 bits per heavy atom. The first kappa shape index (κ1) is 10.6. The minimum atomic E-state index is -0.0839. The van der Waals surface area contributed by atoms with Gasteiger partial charge < -0.3 is 5.32 Å². The van der Waals surface area contributed by atoms with E-state index >= 15 is 0 Å². The van der Waals surface area contributed by atoms with Gasteiger partial charge in [0.25, 0.3) is 0 Å². The van der Waals surface area contributed by atoms with Crippen molar-refractivity contribution in [2.24, 2.45) is 0 Å². The molecule has 0 bridgehead atoms. The van der Waals surface area contributed by atoms with Gasteiger partial charge >= 0.3 is 0 Å². The van der Waals surface area contributed by atoms with Crippen LogP contribution >= 0.6 is 0 Å². The van der Waals surface area contributed by atoms with E-state index in [1.165, 1.54) is 54.0 Å². The average Bonchev–Trinajstić information content (AvgIpc) is 2.96. The summed E-state index contributed by atoms with van der Waals surface area (Å²) in [5.74, 6) is -0.0839. The molecule has 88 valence electrons. The summed E-state index contributed by atoms with van der Waals surface area (Å²) in [6.45, 7) is 3.53. The molecule has 17 heavy (non-hydrogen) atoms. The standard InChI is InChI=1S/C15H17NO/c1-2-14(17)16-15-12-7-3-5-10(12)9-11-6-4-8-13(11)15/h2,9H,1,3-8H2,(H,16,17). The van der Waals surface area contributed by atoms with E-state index in [0.29, 0.717) is 0 Å². The van der Waals surface area contributed by atoms with E-state index in [2.05, 4.69) is 18.0 Å². The van der Waals surface area contributed by atoms with Crippen molar-refractivity contribution < 1.29 is 4.79 Å². The van der Waals surface area contributed by atoms with Gasteiger partial charge in [-0.1, -0.05) is 12.6 Å². The Labute approximate surface area is 102 Å². The lowest BCUT2D eigenvalue weighted by Gasteiger charge is -2.15. The molecule has 3 rings (SSSR count). The van der Waals surface area contributed by atoms with Gasteiger partial charge in [0.2, 0.25) is 5.91 Å². The molecule has 0 spiro atoms. The third-order valence-corrected chi connectivity index (χ3v) is 3.91. The van der Waals surface area contributed by atoms with Crippen LogP contribution < -0.4 is 5.32 Å². The highest BCUT2D eigenvalue weighted by atomic mass is 16.1. The fraction of sp³-hybridized carbons (Fsp3) is 0.400. The molecule has 0 saturated heterocycles. The molecule has 1 aromatic carbocycles. The first-order valence-electron chi connectivity index (χ1n) is 6.39. The summed E-state index contributed by atoms with van der Waals surface area (Å²) in [7, 11) is 0. The Bertz CT molecular complexity index is 470. The molecule has 0 saturated carbocycles. The normalized spacial score (nSPS) is 16.5. The van der Waals surface area contributed by atoms with Crippen molar-refractivity contribution in [1.29, 1.82) is 0 Å². The molecule has 0 aliphatic heterocycles. The van der Waals surface area contributed by atoms with E-state index in [1.807, 2.05) is 0 Å². The van der Waals surface area contributed by atoms with Crippen LogP contribution in [-0.4, -0.2) is 5.91 Å². The van der Waals surface area contributed by atoms with Gasteiger partial charge in [0, 0.05) is 5.69 Å². The van der Waals surface area contributed by atoms with Crippen molar-refractivity contribution in [2.75, 3.05) is 5.32 Å². The van der Waals surface area contributed by atoms with Crippen LogP contribution in [-0.2, 0) is 30.5 Å². The van der Waals surface area contributed by atoms with Crippen LogP contribution in [0.15, 0.2) is 18.7 Å². The van der Waals surface area contributed by atoms with Gasteiger partial charge in [-0.25, -0.2) is 0 Å². The molecule has 2 nitrogen and oxygen atoms in total. The number of amides is 1. The molecule has 1 N–H and O–H groups in total. The summed E-state index contributed by atoms with van der Waals surface area (Å²) in [6, 6.07) is 2.37. The Hall–Kier alpha value is -1.57. The van der Waals surface area contributed by atoms with E-state index < -0.39 is 0 Å². The maximum atomic E-state index is 11.6. The summed E-state index contributed by atoms with van der Waals surface area (Å²) in [4.78, 5) is 11.6. The van der Waals surface area contributed by atoms with E-state index in [4.69, 9.17) is 0 Å². The SMILES string of the molecule is C=CC(=O)Nc1c2c(cc3c1CCC3)CCC2. The molecule has 0 radical (unpaired) electrons. The third kappa shape index (κ3) is 1.68. The van der Waals surface area contributed by atoms with Crippen LogP contribution in [0.4, 0.5) is 5.69 Å². The Morgan fingerprint density at radius 1 is 1.12 bits per heavy atom. The molecule has 1 amide bonds. The van der Waals surface area contributed by atoms with Crippen molar-refractivity contribution in [2.45, 2.75) is 38.5 Å². The molecule has 0 heterocycles. The number of nitrogens with one attached hydrogen (secondary N) is 1. The quantitative estimate of drug-likeness (QED) is 0.773. The van der Waals surface area contributed by atoms with Crippen LogP contribution in [0.25, 0.3) is 0 Å². The summed E-state index contributed by atoms with van der Waals surface area (Å²) >= 11 is 0. The van der Waals surface area contributed by atoms with Crippen molar-refractivity contribution in [3.05, 3.63) is 41.0 Å². The fourth-order valence-corrected chi connectivity index (χ4v) is 3.14. The molecule has 0 fully saturated rings. The first-order valence-corrected chi connectivity index (χ1v) is 6.39. The lowest BCUT2D eigenvalue weighted by Crippen LogP contribution is -2.12. The lowest BCUT2D eigenvalue weighted by molar-refractivity contribution is -0.111. The molecule has 2 heteroatoms. The highest BCUT2D eigenvalue weighted by Crippen LogP contribution is 2.38. The average molecular weight is 227 g/mol. The molecule has 0 unspecified atom stereocenters. The van der Waals surface area contributed by atoms with Gasteiger partial charge in [0.05, 0.1) is 0 Å². The summed E-state index contributed by atoms with van der Waals surface area (Å²) < 4.78 is 0. The number of fused-ring (bicyclic) bond motifs is 2. The highest BCUT2D eigenvalue weighted by Gasteiger charge is 2.24. The number of rotatable bonds is 2. The minimum absolute atomic E-state index is 0.0839. The van der Waals surface area contributed by atoms with E-state index in [1.54, 1.807) is 0 Å². The fourth-order valence-electron chi connectivity index (χ4n) is 3.14. The number of hydrogen-bond acceptors (Lipinski definition) is 1. The molecular weight excluding hydrogens is 210 g/mol. The van der Waals surface area contributed by atoms with Gasteiger partial charge in [-0.15, -0.1) is 0 Å². The second-order valence-corrected chi connectivity index (χ2v) is 4.93. The van der Waals surface area contributed by atoms with Crippen molar-refractivity contribution in [3.8, 4) is 0 Å². The maximum Gasteiger partial charge on any atom is 0.247 e. The van der Waals surface area contributed by atoms with E-state index in [0.717, 1.165) is 18.5 Å². The van der Waals surface area contributed by atoms with Crippen molar-refractivity contribution in [1.82, 2.24) is 0 Å². The van der Waals surface area contributed by atoms with Crippen LogP contribution in [0.2, 0.25) is 0 Å². The Balaban J connectivity index is 2.11. The zero-order chi connectivity index (χ0) is 11.8. The van der Waals surface area contributed by atoms with E-state index in [-0.39, 0.29) is 5.91 Å². The molecular formula is C15H17NO. The predicted molar refractivity (Wildman–Crippen MR) is 69.3 cm³/mol. The highest BCUT2D eigenvalue weighted by molar-refractivity contribution is 6.00. The van der Waals surface area contributed by atoms with Crippen LogP contribution in [0, 0.1) is 0 Å². The Kier molecular flexibility index (Phi) is 2.50. The smallest absolute Gasteiger partial charge is 0.247 e. The predicted octanol–water partition coefficient (Wildman–Crippen LogP) is 2.79. The van der Waals surface area contributed by atoms with Gasteiger partial charge in [-0.05, 0) is 66.9 Å². The molecule has 0 atom stereocenters. The zero-order valence-corrected chi connectivity index (χ0v) is 10.0. The molecule has 2 aliphatic carbocycles. The number of hydrogen-bond donors (Lipinski definition) is 1. The van der Waals surface area contributed by atoms with Gasteiger partial charge in [0.15, 0.2) is 0 Å². The second kappa shape index (κ2) is 4.02. The first-order chi connectivity index (χ1) is 8.29. The maximum absolute atomic E-state index is 11.6. The molecule has 1 aromatic rings. The largest absolute Gasteiger partial charge is 0.322 e. The lowest BCUT2D eigenvalue weighted by atomic mass is 9.98.